The van der Waals surface area contributed by atoms with Crippen LogP contribution < -0.4 is 5.73 Å². The van der Waals surface area contributed by atoms with E-state index in [9.17, 15) is 13.2 Å². The van der Waals surface area contributed by atoms with Crippen LogP contribution in [0.3, 0.4) is 0 Å². The first-order valence-electron chi connectivity index (χ1n) is 4.25. The van der Waals surface area contributed by atoms with Gasteiger partial charge < -0.3 is 5.73 Å². The Bertz CT molecular complexity index is 279. The van der Waals surface area contributed by atoms with E-state index in [1.54, 1.807) is 0 Å². The Kier molecular flexibility index (Phi) is 3.27. The van der Waals surface area contributed by atoms with Crippen LogP contribution in [0.2, 0.25) is 0 Å². The fraction of sp³-hybridized carbons (Fsp3) is 0.857. The molecule has 0 aliphatic heterocycles. The minimum atomic E-state index is -4.16. The molecule has 1 saturated carbocycles. The highest BCUT2D eigenvalue weighted by Crippen LogP contribution is 2.21. The Hall–Kier alpha value is -0.620. The second-order valence-corrected chi connectivity index (χ2v) is 4.63. The molecule has 1 amide bonds. The lowest BCUT2D eigenvalue weighted by molar-refractivity contribution is 0.162. The largest absolute Gasteiger partial charge is 0.361 e. The summed E-state index contributed by atoms with van der Waals surface area (Å²) in [6, 6.07) is 0. The van der Waals surface area contributed by atoms with Gasteiger partial charge in [0.1, 0.15) is 0 Å². The summed E-state index contributed by atoms with van der Waals surface area (Å²) in [5.74, 6) is 0. The minimum Gasteiger partial charge on any atom is -0.354 e. The lowest BCUT2D eigenvalue weighted by Crippen LogP contribution is -2.29. The van der Waals surface area contributed by atoms with E-state index in [4.69, 9.17) is 0 Å². The summed E-state index contributed by atoms with van der Waals surface area (Å²) in [4.78, 5) is 10.4. The van der Waals surface area contributed by atoms with Gasteiger partial charge in [-0.15, -0.1) is 0 Å². The Morgan fingerprint density at radius 3 is 2.23 bits per heavy atom. The number of hydrogen-bond acceptors (Lipinski definition) is 4. The van der Waals surface area contributed by atoms with Crippen molar-refractivity contribution >= 4 is 15.4 Å². The smallest absolute Gasteiger partial charge is 0.354 e. The molecule has 1 fully saturated rings. The van der Waals surface area contributed by atoms with Crippen LogP contribution in [-0.4, -0.2) is 19.8 Å². The molecular weight excluding hydrogens is 194 g/mol. The molecule has 2 N–H and O–H groups in total. The Morgan fingerprint density at radius 2 is 1.77 bits per heavy atom. The van der Waals surface area contributed by atoms with E-state index in [0.29, 0.717) is 12.8 Å². The molecule has 6 heteroatoms. The van der Waals surface area contributed by atoms with Crippen molar-refractivity contribution in [3.8, 4) is 0 Å². The van der Waals surface area contributed by atoms with Crippen LogP contribution in [0.25, 0.3) is 0 Å². The van der Waals surface area contributed by atoms with E-state index in [1.807, 2.05) is 0 Å². The second kappa shape index (κ2) is 4.06. The predicted octanol–water partition coefficient (Wildman–Crippen LogP) is 0.744. The van der Waals surface area contributed by atoms with Crippen LogP contribution in [0.15, 0.2) is 0 Å². The molecule has 1 rings (SSSR count). The maximum Gasteiger partial charge on any atom is 0.361 e. The standard InChI is InChI=1S/C7H13NO4S/c8-7(9)13(10,11)12-6-4-2-1-3-5-6/h6H,1-5H2,(H2,8,9). The molecule has 0 unspecified atom stereocenters. The van der Waals surface area contributed by atoms with Gasteiger partial charge in [0.15, 0.2) is 0 Å². The van der Waals surface area contributed by atoms with Gasteiger partial charge in [-0.2, -0.15) is 8.42 Å². The predicted molar refractivity (Wildman–Crippen MR) is 46.5 cm³/mol. The van der Waals surface area contributed by atoms with E-state index in [0.717, 1.165) is 19.3 Å². The first kappa shape index (κ1) is 10.5. The fourth-order valence-corrected chi connectivity index (χ4v) is 2.03. The van der Waals surface area contributed by atoms with Crippen molar-refractivity contribution in [1.29, 1.82) is 0 Å². The van der Waals surface area contributed by atoms with Crippen molar-refractivity contribution < 1.29 is 17.4 Å². The molecular formula is C7H13NO4S. The first-order chi connectivity index (χ1) is 6.02. The number of rotatable bonds is 2. The van der Waals surface area contributed by atoms with Crippen molar-refractivity contribution in [2.75, 3.05) is 0 Å². The zero-order valence-corrected chi connectivity index (χ0v) is 8.05. The molecule has 0 spiro atoms. The summed E-state index contributed by atoms with van der Waals surface area (Å²) in [6.45, 7) is 0. The molecule has 0 bridgehead atoms. The molecule has 0 atom stereocenters. The summed E-state index contributed by atoms with van der Waals surface area (Å²) in [5, 5.41) is -1.40. The monoisotopic (exact) mass is 207 g/mol. The molecule has 5 nitrogen and oxygen atoms in total. The molecule has 0 aromatic heterocycles. The number of carbonyl (C=O) groups excluding carboxylic acids is 1. The Balaban J connectivity index is 2.52. The molecule has 0 saturated heterocycles. The summed E-state index contributed by atoms with van der Waals surface area (Å²) >= 11 is 0. The van der Waals surface area contributed by atoms with Gasteiger partial charge in [-0.1, -0.05) is 19.3 Å². The zero-order valence-electron chi connectivity index (χ0n) is 7.23. The molecule has 0 aromatic rings. The van der Waals surface area contributed by atoms with Gasteiger partial charge in [0, 0.05) is 0 Å². The van der Waals surface area contributed by atoms with Crippen LogP contribution >= 0.6 is 0 Å². The van der Waals surface area contributed by atoms with E-state index < -0.39 is 15.4 Å². The maximum atomic E-state index is 10.9. The van der Waals surface area contributed by atoms with E-state index in [2.05, 4.69) is 9.92 Å². The van der Waals surface area contributed by atoms with Gasteiger partial charge in [-0.25, -0.2) is 0 Å². The molecule has 0 heterocycles. The van der Waals surface area contributed by atoms with E-state index in [-0.39, 0.29) is 6.10 Å². The number of nitrogens with two attached hydrogens (primary N) is 1. The fourth-order valence-electron chi connectivity index (χ4n) is 1.39. The third-order valence-corrected chi connectivity index (χ3v) is 3.08. The van der Waals surface area contributed by atoms with Crippen LogP contribution in [0.4, 0.5) is 4.79 Å². The van der Waals surface area contributed by atoms with Crippen LogP contribution in [0.5, 0.6) is 0 Å². The van der Waals surface area contributed by atoms with Crippen molar-refractivity contribution in [3.05, 3.63) is 0 Å². The molecule has 13 heavy (non-hydrogen) atoms. The molecule has 76 valence electrons. The lowest BCUT2D eigenvalue weighted by Gasteiger charge is -2.20. The summed E-state index contributed by atoms with van der Waals surface area (Å²) in [6.07, 6.45) is 4.00. The number of primary amides is 1. The molecule has 1 aliphatic carbocycles. The van der Waals surface area contributed by atoms with Crippen molar-refractivity contribution in [1.82, 2.24) is 0 Å². The molecule has 1 aliphatic rings. The summed E-state index contributed by atoms with van der Waals surface area (Å²) < 4.78 is 26.4. The molecule has 0 aromatic carbocycles. The van der Waals surface area contributed by atoms with Gasteiger partial charge >= 0.3 is 15.4 Å². The van der Waals surface area contributed by atoms with Gasteiger partial charge in [-0.05, 0) is 12.8 Å². The van der Waals surface area contributed by atoms with Crippen molar-refractivity contribution in [3.63, 3.8) is 0 Å². The zero-order chi connectivity index (χ0) is 9.90. The third-order valence-electron chi connectivity index (χ3n) is 2.06. The minimum absolute atomic E-state index is 0.355. The maximum absolute atomic E-state index is 10.9. The SMILES string of the molecule is NC(=O)S(=O)(=O)OC1CCCCC1. The van der Waals surface area contributed by atoms with E-state index in [1.165, 1.54) is 0 Å². The normalized spacial score (nSPS) is 20.0. The van der Waals surface area contributed by atoms with Crippen LogP contribution in [0, 0.1) is 0 Å². The topological polar surface area (TPSA) is 86.5 Å². The highest BCUT2D eigenvalue weighted by molar-refractivity contribution is 8.01. The van der Waals surface area contributed by atoms with Crippen LogP contribution in [0.1, 0.15) is 32.1 Å². The van der Waals surface area contributed by atoms with Gasteiger partial charge in [0.05, 0.1) is 6.10 Å². The van der Waals surface area contributed by atoms with Gasteiger partial charge in [0.2, 0.25) is 0 Å². The highest BCUT2D eigenvalue weighted by Gasteiger charge is 2.25. The average molecular weight is 207 g/mol. The Morgan fingerprint density at radius 1 is 1.23 bits per heavy atom. The van der Waals surface area contributed by atoms with Crippen molar-refractivity contribution in [2.45, 2.75) is 38.2 Å². The highest BCUT2D eigenvalue weighted by atomic mass is 32.2. The molecule has 0 radical (unpaired) electrons. The van der Waals surface area contributed by atoms with Gasteiger partial charge in [-0.3, -0.25) is 8.98 Å². The lowest BCUT2D eigenvalue weighted by atomic mass is 9.98. The number of carbonyl (C=O) groups is 1. The average Bonchev–Trinajstić information content (AvgIpc) is 2.05. The summed E-state index contributed by atoms with van der Waals surface area (Å²) in [7, 11) is -4.16. The van der Waals surface area contributed by atoms with Crippen molar-refractivity contribution in [2.24, 2.45) is 5.73 Å². The number of amides is 1. The van der Waals surface area contributed by atoms with Crippen LogP contribution in [-0.2, 0) is 14.3 Å². The number of hydrogen-bond donors (Lipinski definition) is 1. The van der Waals surface area contributed by atoms with Gasteiger partial charge in [0.25, 0.3) is 0 Å². The summed E-state index contributed by atoms with van der Waals surface area (Å²) in [5.41, 5.74) is 4.64. The quantitative estimate of drug-likeness (QED) is 0.677. The first-order valence-corrected chi connectivity index (χ1v) is 5.66. The Labute approximate surface area is 77.4 Å². The third kappa shape index (κ3) is 2.96. The second-order valence-electron chi connectivity index (χ2n) is 3.13. The van der Waals surface area contributed by atoms with E-state index >= 15 is 0 Å².